The average molecular weight is 364 g/mol. The number of carbonyl (C=O) groups excluding carboxylic acids is 2. The SMILES string of the molecule is CN(C)C(=O)CN=C(NC1CCCC1)N1CCC(NC(=O)NC2CC2)C1. The van der Waals surface area contributed by atoms with Crippen LogP contribution in [0.3, 0.4) is 0 Å². The van der Waals surface area contributed by atoms with Crippen LogP contribution in [0.2, 0.25) is 0 Å². The Morgan fingerprint density at radius 3 is 2.27 bits per heavy atom. The lowest BCUT2D eigenvalue weighted by molar-refractivity contribution is -0.127. The van der Waals surface area contributed by atoms with Crippen molar-refractivity contribution in [1.29, 1.82) is 0 Å². The van der Waals surface area contributed by atoms with E-state index < -0.39 is 0 Å². The van der Waals surface area contributed by atoms with Crippen LogP contribution in [0.5, 0.6) is 0 Å². The smallest absolute Gasteiger partial charge is 0.315 e. The molecule has 1 aliphatic heterocycles. The number of hydrogen-bond donors (Lipinski definition) is 3. The lowest BCUT2D eigenvalue weighted by Gasteiger charge is -2.25. The summed E-state index contributed by atoms with van der Waals surface area (Å²) in [5.74, 6) is 0.799. The second kappa shape index (κ2) is 8.60. The van der Waals surface area contributed by atoms with Gasteiger partial charge in [0.1, 0.15) is 6.54 Å². The number of urea groups is 1. The molecule has 1 atom stereocenters. The van der Waals surface area contributed by atoms with E-state index in [1.54, 1.807) is 19.0 Å². The molecule has 8 heteroatoms. The maximum absolute atomic E-state index is 12.0. The van der Waals surface area contributed by atoms with Gasteiger partial charge in [-0.3, -0.25) is 4.79 Å². The van der Waals surface area contributed by atoms with Gasteiger partial charge in [0, 0.05) is 45.3 Å². The lowest BCUT2D eigenvalue weighted by Crippen LogP contribution is -2.48. The lowest BCUT2D eigenvalue weighted by atomic mass is 10.2. The van der Waals surface area contributed by atoms with E-state index in [1.807, 2.05) is 0 Å². The van der Waals surface area contributed by atoms with Gasteiger partial charge in [0.2, 0.25) is 5.91 Å². The van der Waals surface area contributed by atoms with Crippen molar-refractivity contribution in [2.75, 3.05) is 33.7 Å². The molecular weight excluding hydrogens is 332 g/mol. The molecule has 0 bridgehead atoms. The Kier molecular flexibility index (Phi) is 6.21. The Bertz CT molecular complexity index is 540. The fraction of sp³-hybridized carbons (Fsp3) is 0.833. The quantitative estimate of drug-likeness (QED) is 0.490. The van der Waals surface area contributed by atoms with Crippen LogP contribution in [0.25, 0.3) is 0 Å². The number of nitrogens with zero attached hydrogens (tertiary/aromatic N) is 3. The minimum absolute atomic E-state index is 0.00611. The van der Waals surface area contributed by atoms with Crippen molar-refractivity contribution in [1.82, 2.24) is 25.8 Å². The van der Waals surface area contributed by atoms with Crippen molar-refractivity contribution in [3.63, 3.8) is 0 Å². The molecule has 146 valence electrons. The predicted molar refractivity (Wildman–Crippen MR) is 101 cm³/mol. The maximum atomic E-state index is 12.0. The molecule has 0 aromatic rings. The molecule has 0 spiro atoms. The standard InChI is InChI=1S/C18H32N6O2/c1-23(2)16(25)11-19-17(20-13-5-3-4-6-13)24-10-9-15(12-24)22-18(26)21-14-7-8-14/h13-15H,3-12H2,1-2H3,(H,19,20)(H2,21,22,26). The van der Waals surface area contributed by atoms with Crippen molar-refractivity contribution in [2.24, 2.45) is 4.99 Å². The zero-order valence-corrected chi connectivity index (χ0v) is 16.0. The fourth-order valence-corrected chi connectivity index (χ4v) is 3.48. The largest absolute Gasteiger partial charge is 0.353 e. The van der Waals surface area contributed by atoms with Gasteiger partial charge < -0.3 is 25.8 Å². The molecule has 1 unspecified atom stereocenters. The van der Waals surface area contributed by atoms with E-state index in [0.29, 0.717) is 12.1 Å². The van der Waals surface area contributed by atoms with Crippen molar-refractivity contribution >= 4 is 17.9 Å². The number of likely N-dealkylation sites (N-methyl/N-ethyl adjacent to an activating group) is 1. The van der Waals surface area contributed by atoms with E-state index in [9.17, 15) is 9.59 Å². The van der Waals surface area contributed by atoms with Crippen molar-refractivity contribution in [2.45, 2.75) is 63.1 Å². The maximum Gasteiger partial charge on any atom is 0.315 e. The van der Waals surface area contributed by atoms with Crippen LogP contribution in [0.15, 0.2) is 4.99 Å². The molecular formula is C18H32N6O2. The third-order valence-electron chi connectivity index (χ3n) is 5.29. The van der Waals surface area contributed by atoms with Gasteiger partial charge in [-0.15, -0.1) is 0 Å². The van der Waals surface area contributed by atoms with Gasteiger partial charge in [-0.05, 0) is 32.1 Å². The van der Waals surface area contributed by atoms with Gasteiger partial charge in [-0.1, -0.05) is 12.8 Å². The van der Waals surface area contributed by atoms with Crippen LogP contribution >= 0.6 is 0 Å². The zero-order chi connectivity index (χ0) is 18.5. The van der Waals surface area contributed by atoms with E-state index in [-0.39, 0.29) is 24.5 Å². The molecule has 3 rings (SSSR count). The zero-order valence-electron chi connectivity index (χ0n) is 16.0. The average Bonchev–Trinajstić information content (AvgIpc) is 3.08. The van der Waals surface area contributed by atoms with E-state index >= 15 is 0 Å². The summed E-state index contributed by atoms with van der Waals surface area (Å²) in [4.78, 5) is 32.2. The molecule has 2 aliphatic carbocycles. The molecule has 0 aromatic heterocycles. The van der Waals surface area contributed by atoms with Gasteiger partial charge in [0.15, 0.2) is 5.96 Å². The first kappa shape index (κ1) is 18.8. The van der Waals surface area contributed by atoms with E-state index in [1.165, 1.54) is 12.8 Å². The number of carbonyl (C=O) groups is 2. The molecule has 0 aromatic carbocycles. The Balaban J connectivity index is 1.55. The van der Waals surface area contributed by atoms with Crippen LogP contribution in [-0.4, -0.2) is 79.6 Å². The summed E-state index contributed by atoms with van der Waals surface area (Å²) >= 11 is 0. The Morgan fingerprint density at radius 1 is 0.962 bits per heavy atom. The van der Waals surface area contributed by atoms with Gasteiger partial charge in [0.25, 0.3) is 0 Å². The highest BCUT2D eigenvalue weighted by molar-refractivity contribution is 5.85. The second-order valence-corrected chi connectivity index (χ2v) is 7.88. The minimum atomic E-state index is -0.0654. The van der Waals surface area contributed by atoms with E-state index in [4.69, 9.17) is 0 Å². The summed E-state index contributed by atoms with van der Waals surface area (Å²) in [6.45, 7) is 1.72. The molecule has 3 amide bonds. The van der Waals surface area contributed by atoms with Gasteiger partial charge in [0.05, 0.1) is 0 Å². The molecule has 8 nitrogen and oxygen atoms in total. The molecule has 3 aliphatic rings. The van der Waals surface area contributed by atoms with Gasteiger partial charge in [-0.25, -0.2) is 9.79 Å². The normalized spacial score (nSPS) is 23.8. The van der Waals surface area contributed by atoms with Gasteiger partial charge in [-0.2, -0.15) is 0 Å². The number of likely N-dealkylation sites (tertiary alicyclic amines) is 1. The number of guanidine groups is 1. The summed E-state index contributed by atoms with van der Waals surface area (Å²) in [7, 11) is 3.49. The highest BCUT2D eigenvalue weighted by Gasteiger charge is 2.30. The summed E-state index contributed by atoms with van der Waals surface area (Å²) in [5, 5.41) is 9.58. The van der Waals surface area contributed by atoms with Crippen LogP contribution in [0.1, 0.15) is 44.9 Å². The fourth-order valence-electron chi connectivity index (χ4n) is 3.48. The first-order chi connectivity index (χ1) is 12.5. The molecule has 2 saturated carbocycles. The number of amides is 3. The van der Waals surface area contributed by atoms with Crippen molar-refractivity contribution in [3.05, 3.63) is 0 Å². The summed E-state index contributed by atoms with van der Waals surface area (Å²) in [6, 6.07) is 0.859. The number of nitrogens with one attached hydrogen (secondary N) is 3. The monoisotopic (exact) mass is 364 g/mol. The van der Waals surface area contributed by atoms with Crippen LogP contribution < -0.4 is 16.0 Å². The Hall–Kier alpha value is -1.99. The molecule has 26 heavy (non-hydrogen) atoms. The van der Waals surface area contributed by atoms with Crippen molar-refractivity contribution in [3.8, 4) is 0 Å². The Morgan fingerprint density at radius 2 is 1.62 bits per heavy atom. The summed E-state index contributed by atoms with van der Waals surface area (Å²) in [5.41, 5.74) is 0. The highest BCUT2D eigenvalue weighted by atomic mass is 16.2. The van der Waals surface area contributed by atoms with Gasteiger partial charge >= 0.3 is 6.03 Å². The summed E-state index contributed by atoms with van der Waals surface area (Å²) in [6.07, 6.45) is 7.86. The number of aliphatic imine (C=N–C) groups is 1. The molecule has 1 saturated heterocycles. The predicted octanol–water partition coefficient (Wildman–Crippen LogP) is 0.499. The first-order valence-corrected chi connectivity index (χ1v) is 9.84. The molecule has 3 fully saturated rings. The third-order valence-corrected chi connectivity index (χ3v) is 5.29. The first-order valence-electron chi connectivity index (χ1n) is 9.84. The molecule has 0 radical (unpaired) electrons. The topological polar surface area (TPSA) is 89.1 Å². The van der Waals surface area contributed by atoms with Crippen molar-refractivity contribution < 1.29 is 9.59 Å². The molecule has 3 N–H and O–H groups in total. The summed E-state index contributed by atoms with van der Waals surface area (Å²) < 4.78 is 0. The number of hydrogen-bond acceptors (Lipinski definition) is 3. The van der Waals surface area contributed by atoms with Crippen LogP contribution in [0.4, 0.5) is 4.79 Å². The van der Waals surface area contributed by atoms with E-state index in [2.05, 4.69) is 25.8 Å². The number of rotatable bonds is 5. The highest BCUT2D eigenvalue weighted by Crippen LogP contribution is 2.20. The van der Waals surface area contributed by atoms with Crippen LogP contribution in [-0.2, 0) is 4.79 Å². The Labute approximate surface area is 155 Å². The minimum Gasteiger partial charge on any atom is -0.353 e. The second-order valence-electron chi connectivity index (χ2n) is 7.88. The van der Waals surface area contributed by atoms with E-state index in [0.717, 1.165) is 51.2 Å². The third kappa shape index (κ3) is 5.51. The molecule has 1 heterocycles. The van der Waals surface area contributed by atoms with Crippen LogP contribution in [0, 0.1) is 0 Å².